The van der Waals surface area contributed by atoms with Gasteiger partial charge in [0.2, 0.25) is 11.8 Å². The number of aromatic amines is 2. The number of hydrogen-bond acceptors (Lipinski definition) is 5. The number of rotatable bonds is 15. The van der Waals surface area contributed by atoms with Gasteiger partial charge >= 0.3 is 5.97 Å². The molecule has 0 fully saturated rings. The molecule has 0 saturated carbocycles. The molecule has 0 unspecified atom stereocenters. The number of amides is 2. The van der Waals surface area contributed by atoms with Gasteiger partial charge in [-0.05, 0) is 67.1 Å². The quantitative estimate of drug-likeness (QED) is 0.0824. The highest BCUT2D eigenvalue weighted by molar-refractivity contribution is 5.94. The highest BCUT2D eigenvalue weighted by Gasteiger charge is 2.22. The number of nitrogens with one attached hydrogen (secondary N) is 4. The van der Waals surface area contributed by atoms with E-state index in [2.05, 4.69) is 44.9 Å². The number of H-pyrrole nitrogens is 2. The number of carbonyl (C=O) groups is 3. The van der Waals surface area contributed by atoms with E-state index in [1.165, 1.54) is 7.11 Å². The second-order valence-electron chi connectivity index (χ2n) is 11.5. The molecule has 1 atom stereocenters. The maximum atomic E-state index is 13.6. The molecule has 0 saturated heterocycles. The number of carbonyl (C=O) groups excluding carboxylic acids is 3. The maximum Gasteiger partial charge on any atom is 0.305 e. The summed E-state index contributed by atoms with van der Waals surface area (Å²) in [5.41, 5.74) is 7.00. The van der Waals surface area contributed by atoms with Gasteiger partial charge in [-0.25, -0.2) is 0 Å². The van der Waals surface area contributed by atoms with Crippen molar-refractivity contribution < 1.29 is 23.9 Å². The maximum absolute atomic E-state index is 13.6. The number of hydrogen-bond donors (Lipinski definition) is 4. The van der Waals surface area contributed by atoms with Gasteiger partial charge in [0.15, 0.2) is 0 Å². The predicted octanol–water partition coefficient (Wildman–Crippen LogP) is 6.14. The standard InChI is InChI=1S/C37H42N4O5/c1-24-29(30-22-26(45-2)18-19-32(30)39-24)23-34(42)40-33(16-8-5-9-17-35(43)46-3)37(44)38-21-20-28-27-14-10-11-15-31(27)41-36(28)25-12-6-4-7-13-25/h4,6-7,10-15,18-19,22,33,39,41H,5,8-9,16-17,20-21,23H2,1-3H3,(H,38,44)(H,40,42)/t33-/m0/s1. The fourth-order valence-corrected chi connectivity index (χ4v) is 6.03. The fourth-order valence-electron chi connectivity index (χ4n) is 6.03. The number of unbranched alkanes of at least 4 members (excludes halogenated alkanes) is 2. The zero-order chi connectivity index (χ0) is 32.5. The lowest BCUT2D eigenvalue weighted by Gasteiger charge is -2.19. The molecule has 0 bridgehead atoms. The van der Waals surface area contributed by atoms with Crippen LogP contribution in [0.1, 0.15) is 48.9 Å². The van der Waals surface area contributed by atoms with E-state index >= 15 is 0 Å². The summed E-state index contributed by atoms with van der Waals surface area (Å²) in [6.07, 6.45) is 3.62. The monoisotopic (exact) mass is 622 g/mol. The highest BCUT2D eigenvalue weighted by atomic mass is 16.5. The first-order chi connectivity index (χ1) is 22.4. The molecule has 0 aliphatic carbocycles. The van der Waals surface area contributed by atoms with Gasteiger partial charge in [-0.3, -0.25) is 14.4 Å². The van der Waals surface area contributed by atoms with Crippen LogP contribution >= 0.6 is 0 Å². The largest absolute Gasteiger partial charge is 0.497 e. The van der Waals surface area contributed by atoms with Gasteiger partial charge in [0, 0.05) is 46.2 Å². The fraction of sp³-hybridized carbons (Fsp3) is 0.324. The smallest absolute Gasteiger partial charge is 0.305 e. The Balaban J connectivity index is 1.27. The lowest BCUT2D eigenvalue weighted by Crippen LogP contribution is -2.47. The third-order valence-corrected chi connectivity index (χ3v) is 8.47. The van der Waals surface area contributed by atoms with E-state index < -0.39 is 6.04 Å². The number of benzene rings is 3. The normalized spacial score (nSPS) is 11.8. The Labute approximate surface area is 269 Å². The third kappa shape index (κ3) is 7.77. The van der Waals surface area contributed by atoms with Gasteiger partial charge in [-0.15, -0.1) is 0 Å². The van der Waals surface area contributed by atoms with Crippen LogP contribution in [-0.4, -0.2) is 54.6 Å². The van der Waals surface area contributed by atoms with Crippen LogP contribution in [0.25, 0.3) is 33.1 Å². The molecule has 3 aromatic carbocycles. The first-order valence-corrected chi connectivity index (χ1v) is 15.8. The molecule has 0 spiro atoms. The molecule has 46 heavy (non-hydrogen) atoms. The second-order valence-corrected chi connectivity index (χ2v) is 11.5. The molecule has 9 nitrogen and oxygen atoms in total. The molecule has 5 aromatic rings. The Morgan fingerprint density at radius 2 is 1.59 bits per heavy atom. The topological polar surface area (TPSA) is 125 Å². The molecule has 0 aliphatic heterocycles. The second kappa shape index (κ2) is 15.3. The predicted molar refractivity (Wildman–Crippen MR) is 181 cm³/mol. The van der Waals surface area contributed by atoms with Crippen LogP contribution in [0.15, 0.2) is 72.8 Å². The van der Waals surface area contributed by atoms with Crippen LogP contribution in [-0.2, 0) is 32.0 Å². The Bertz CT molecular complexity index is 1810. The van der Waals surface area contributed by atoms with Crippen LogP contribution in [0.2, 0.25) is 0 Å². The van der Waals surface area contributed by atoms with Crippen molar-refractivity contribution in [3.63, 3.8) is 0 Å². The van der Waals surface area contributed by atoms with E-state index in [-0.39, 0.29) is 24.2 Å². The van der Waals surface area contributed by atoms with E-state index in [0.29, 0.717) is 44.4 Å². The van der Waals surface area contributed by atoms with Crippen LogP contribution < -0.4 is 15.4 Å². The first-order valence-electron chi connectivity index (χ1n) is 15.8. The summed E-state index contributed by atoms with van der Waals surface area (Å²) in [6, 6.07) is 23.4. The number of ether oxygens (including phenoxy) is 2. The van der Waals surface area contributed by atoms with Crippen molar-refractivity contribution in [3.8, 4) is 17.0 Å². The zero-order valence-electron chi connectivity index (χ0n) is 26.7. The summed E-state index contributed by atoms with van der Waals surface area (Å²) in [5, 5.41) is 8.13. The number of esters is 1. The molecular formula is C37H42N4O5. The lowest BCUT2D eigenvalue weighted by atomic mass is 10.0. The molecular weight excluding hydrogens is 580 g/mol. The van der Waals surface area contributed by atoms with E-state index in [1.807, 2.05) is 55.5 Å². The van der Waals surface area contributed by atoms with E-state index in [1.54, 1.807) is 7.11 Å². The van der Waals surface area contributed by atoms with Gasteiger partial charge in [-0.1, -0.05) is 61.4 Å². The van der Waals surface area contributed by atoms with Gasteiger partial charge in [-0.2, -0.15) is 0 Å². The summed E-state index contributed by atoms with van der Waals surface area (Å²) >= 11 is 0. The number of methoxy groups -OCH3 is 2. The Hall–Kier alpha value is -5.05. The van der Waals surface area contributed by atoms with Crippen molar-refractivity contribution in [1.29, 1.82) is 0 Å². The number of para-hydroxylation sites is 1. The van der Waals surface area contributed by atoms with Gasteiger partial charge < -0.3 is 30.1 Å². The van der Waals surface area contributed by atoms with E-state index in [0.717, 1.165) is 56.3 Å². The van der Waals surface area contributed by atoms with Crippen molar-refractivity contribution in [2.75, 3.05) is 20.8 Å². The molecule has 5 rings (SSSR count). The first kappa shape index (κ1) is 32.3. The Kier molecular flexibility index (Phi) is 10.8. The van der Waals surface area contributed by atoms with Crippen molar-refractivity contribution in [1.82, 2.24) is 20.6 Å². The molecule has 2 heterocycles. The molecule has 0 radical (unpaired) electrons. The minimum absolute atomic E-state index is 0.126. The summed E-state index contributed by atoms with van der Waals surface area (Å²) in [7, 11) is 2.99. The average molecular weight is 623 g/mol. The zero-order valence-corrected chi connectivity index (χ0v) is 26.7. The van der Waals surface area contributed by atoms with Crippen molar-refractivity contribution in [2.24, 2.45) is 0 Å². The molecule has 0 aliphatic rings. The third-order valence-electron chi connectivity index (χ3n) is 8.47. The molecule has 2 amide bonds. The highest BCUT2D eigenvalue weighted by Crippen LogP contribution is 2.31. The average Bonchev–Trinajstić information content (AvgIpc) is 3.60. The minimum atomic E-state index is -0.706. The number of fused-ring (bicyclic) bond motifs is 2. The van der Waals surface area contributed by atoms with Crippen molar-refractivity contribution in [2.45, 2.75) is 57.9 Å². The number of aromatic nitrogens is 2. The van der Waals surface area contributed by atoms with Crippen molar-refractivity contribution in [3.05, 3.63) is 89.6 Å². The number of aryl methyl sites for hydroxylation is 1. The van der Waals surface area contributed by atoms with Gasteiger partial charge in [0.1, 0.15) is 11.8 Å². The van der Waals surface area contributed by atoms with Gasteiger partial charge in [0.05, 0.1) is 20.6 Å². The lowest BCUT2D eigenvalue weighted by molar-refractivity contribution is -0.140. The van der Waals surface area contributed by atoms with E-state index in [9.17, 15) is 14.4 Å². The molecule has 240 valence electrons. The summed E-state index contributed by atoms with van der Waals surface area (Å²) in [5.74, 6) is 0.00716. The summed E-state index contributed by atoms with van der Waals surface area (Å²) in [4.78, 5) is 45.4. The van der Waals surface area contributed by atoms with Crippen LogP contribution in [0.3, 0.4) is 0 Å². The minimum Gasteiger partial charge on any atom is -0.497 e. The van der Waals surface area contributed by atoms with Gasteiger partial charge in [0.25, 0.3) is 0 Å². The molecule has 9 heteroatoms. The molecule has 4 N–H and O–H groups in total. The SMILES string of the molecule is COC(=O)CCCCC[C@H](NC(=O)Cc1c(C)[nH]c2ccc(OC)cc12)C(=O)NCCc1c(-c2ccccc2)[nH]c2ccccc12. The summed E-state index contributed by atoms with van der Waals surface area (Å²) in [6.45, 7) is 2.35. The molecule has 2 aromatic heterocycles. The van der Waals surface area contributed by atoms with Crippen molar-refractivity contribution >= 4 is 39.6 Å². The Morgan fingerprint density at radius 3 is 2.37 bits per heavy atom. The van der Waals surface area contributed by atoms with Crippen LogP contribution in [0.4, 0.5) is 0 Å². The van der Waals surface area contributed by atoms with Crippen LogP contribution in [0.5, 0.6) is 5.75 Å². The Morgan fingerprint density at radius 1 is 0.826 bits per heavy atom. The van der Waals surface area contributed by atoms with Crippen LogP contribution in [0, 0.1) is 6.92 Å². The summed E-state index contributed by atoms with van der Waals surface area (Å²) < 4.78 is 10.1. The van der Waals surface area contributed by atoms with E-state index in [4.69, 9.17) is 9.47 Å².